The van der Waals surface area contributed by atoms with E-state index in [9.17, 15) is 4.79 Å². The first-order chi connectivity index (χ1) is 6.37. The van der Waals surface area contributed by atoms with Gasteiger partial charge in [-0.15, -0.1) is 0 Å². The van der Waals surface area contributed by atoms with Crippen LogP contribution in [0.4, 0.5) is 0 Å². The minimum atomic E-state index is -0.342. The number of carbonyl (C=O) groups excluding carboxylic acids is 1. The van der Waals surface area contributed by atoms with Crippen LogP contribution in [0.3, 0.4) is 0 Å². The smallest absolute Gasteiger partial charge is 0.330 e. The van der Waals surface area contributed by atoms with E-state index in [-0.39, 0.29) is 11.4 Å². The molecule has 0 rings (SSSR count). The van der Waals surface area contributed by atoms with Gasteiger partial charge in [-0.05, 0) is 25.9 Å². The normalized spacial score (nSPS) is 11.5. The zero-order valence-electron chi connectivity index (χ0n) is 9.67. The minimum Gasteiger partial charge on any atom is -0.463 e. The van der Waals surface area contributed by atoms with Crippen LogP contribution >= 0.6 is 0 Å². The minimum absolute atomic E-state index is 0.172. The highest BCUT2D eigenvalue weighted by molar-refractivity contribution is 5.81. The molecule has 14 heavy (non-hydrogen) atoms. The van der Waals surface area contributed by atoms with Crippen LogP contribution in [0.15, 0.2) is 12.7 Å². The van der Waals surface area contributed by atoms with Gasteiger partial charge in [0.15, 0.2) is 0 Å². The Morgan fingerprint density at radius 3 is 2.50 bits per heavy atom. The van der Waals surface area contributed by atoms with Crippen molar-refractivity contribution >= 4 is 5.97 Å². The molecular weight excluding hydrogens is 178 g/mol. The van der Waals surface area contributed by atoms with Gasteiger partial charge in [-0.1, -0.05) is 20.4 Å². The van der Waals surface area contributed by atoms with Gasteiger partial charge in [0.05, 0.1) is 6.61 Å². The van der Waals surface area contributed by atoms with Crippen molar-refractivity contribution in [1.29, 1.82) is 0 Å². The molecule has 0 aromatic heterocycles. The number of ether oxygens (including phenoxy) is 1. The molecule has 0 bridgehead atoms. The van der Waals surface area contributed by atoms with Crippen LogP contribution in [0.1, 0.15) is 20.3 Å². The average molecular weight is 199 g/mol. The first kappa shape index (κ1) is 13.2. The summed E-state index contributed by atoms with van der Waals surface area (Å²) < 4.78 is 4.93. The van der Waals surface area contributed by atoms with Crippen LogP contribution < -0.4 is 0 Å². The molecule has 3 nitrogen and oxygen atoms in total. The Hall–Kier alpha value is -0.830. The fraction of sp³-hybridized carbons (Fsp3) is 0.727. The zero-order valence-corrected chi connectivity index (χ0v) is 9.67. The largest absolute Gasteiger partial charge is 0.463 e. The number of carbonyl (C=O) groups is 1. The second kappa shape index (κ2) is 5.81. The molecule has 0 heterocycles. The topological polar surface area (TPSA) is 29.5 Å². The van der Waals surface area contributed by atoms with Gasteiger partial charge < -0.3 is 9.64 Å². The molecule has 0 aromatic carbocycles. The predicted octanol–water partition coefficient (Wildman–Crippen LogP) is 1.69. The fourth-order valence-electron chi connectivity index (χ4n) is 1.42. The Balaban J connectivity index is 3.75. The predicted molar refractivity (Wildman–Crippen MR) is 58.1 cm³/mol. The Bertz CT molecular complexity index is 197. The molecule has 0 atom stereocenters. The highest BCUT2D eigenvalue weighted by Gasteiger charge is 2.18. The van der Waals surface area contributed by atoms with Gasteiger partial charge in [-0.3, -0.25) is 0 Å². The maximum Gasteiger partial charge on any atom is 0.330 e. The van der Waals surface area contributed by atoms with E-state index in [1.165, 1.54) is 6.08 Å². The summed E-state index contributed by atoms with van der Waals surface area (Å²) in [5, 5.41) is 0. The molecule has 0 spiro atoms. The maximum absolute atomic E-state index is 10.8. The number of hydrogen-bond acceptors (Lipinski definition) is 3. The zero-order chi connectivity index (χ0) is 11.2. The number of nitrogens with zero attached hydrogens (tertiary/aromatic N) is 1. The van der Waals surface area contributed by atoms with Crippen molar-refractivity contribution < 1.29 is 9.53 Å². The highest BCUT2D eigenvalue weighted by Crippen LogP contribution is 2.20. The molecule has 0 aliphatic heterocycles. The van der Waals surface area contributed by atoms with E-state index < -0.39 is 0 Å². The lowest BCUT2D eigenvalue weighted by atomic mass is 9.89. The van der Waals surface area contributed by atoms with E-state index in [2.05, 4.69) is 25.3 Å². The molecule has 0 fully saturated rings. The van der Waals surface area contributed by atoms with Crippen molar-refractivity contribution in [2.24, 2.45) is 5.41 Å². The van der Waals surface area contributed by atoms with Gasteiger partial charge in [-0.2, -0.15) is 0 Å². The molecule has 82 valence electrons. The third-order valence-electron chi connectivity index (χ3n) is 1.93. The van der Waals surface area contributed by atoms with E-state index in [1.54, 1.807) is 0 Å². The summed E-state index contributed by atoms with van der Waals surface area (Å²) in [5.41, 5.74) is 0.172. The molecule has 0 amide bonds. The van der Waals surface area contributed by atoms with Crippen molar-refractivity contribution in [2.75, 3.05) is 27.2 Å². The van der Waals surface area contributed by atoms with E-state index in [0.717, 1.165) is 13.0 Å². The lowest BCUT2D eigenvalue weighted by Gasteiger charge is -2.27. The molecule has 0 saturated carbocycles. The van der Waals surface area contributed by atoms with Crippen molar-refractivity contribution in [1.82, 2.24) is 4.90 Å². The van der Waals surface area contributed by atoms with Crippen LogP contribution in [0.2, 0.25) is 0 Å². The van der Waals surface area contributed by atoms with E-state index >= 15 is 0 Å². The standard InChI is InChI=1S/C11H21NO2/c1-6-10(13)14-8-7-11(2,3)9-12(4)5/h6H,1,7-9H2,2-5H3. The molecule has 0 aromatic rings. The monoisotopic (exact) mass is 199 g/mol. The summed E-state index contributed by atoms with van der Waals surface area (Å²) >= 11 is 0. The van der Waals surface area contributed by atoms with Crippen molar-refractivity contribution in [3.63, 3.8) is 0 Å². The second-order valence-electron chi connectivity index (χ2n) is 4.52. The lowest BCUT2D eigenvalue weighted by Crippen LogP contribution is -2.29. The van der Waals surface area contributed by atoms with Gasteiger partial charge in [0.1, 0.15) is 0 Å². The first-order valence-electron chi connectivity index (χ1n) is 4.81. The van der Waals surface area contributed by atoms with Crippen LogP contribution in [-0.4, -0.2) is 38.1 Å². The van der Waals surface area contributed by atoms with Gasteiger partial charge in [-0.25, -0.2) is 4.79 Å². The van der Waals surface area contributed by atoms with Crippen molar-refractivity contribution in [2.45, 2.75) is 20.3 Å². The van der Waals surface area contributed by atoms with Crippen LogP contribution in [0.25, 0.3) is 0 Å². The molecule has 0 unspecified atom stereocenters. The Labute approximate surface area is 86.7 Å². The summed E-state index contributed by atoms with van der Waals surface area (Å²) in [7, 11) is 4.08. The van der Waals surface area contributed by atoms with Crippen molar-refractivity contribution in [3.8, 4) is 0 Å². The van der Waals surface area contributed by atoms with Gasteiger partial charge in [0.2, 0.25) is 0 Å². The lowest BCUT2D eigenvalue weighted by molar-refractivity contribution is -0.138. The van der Waals surface area contributed by atoms with Gasteiger partial charge in [0, 0.05) is 12.6 Å². The highest BCUT2D eigenvalue weighted by atomic mass is 16.5. The summed E-state index contributed by atoms with van der Waals surface area (Å²) in [6, 6.07) is 0. The second-order valence-corrected chi connectivity index (χ2v) is 4.52. The van der Waals surface area contributed by atoms with Crippen LogP contribution in [-0.2, 0) is 9.53 Å². The van der Waals surface area contributed by atoms with E-state index in [4.69, 9.17) is 4.74 Å². The summed E-state index contributed by atoms with van der Waals surface area (Å²) in [6.07, 6.45) is 2.06. The molecule has 0 radical (unpaired) electrons. The number of rotatable bonds is 6. The maximum atomic E-state index is 10.8. The van der Waals surface area contributed by atoms with E-state index in [0.29, 0.717) is 6.61 Å². The Morgan fingerprint density at radius 2 is 2.07 bits per heavy atom. The Kier molecular flexibility index (Phi) is 5.46. The molecule has 0 aliphatic rings. The van der Waals surface area contributed by atoms with E-state index in [1.807, 2.05) is 14.1 Å². The molecule has 0 saturated heterocycles. The molecule has 0 aliphatic carbocycles. The summed E-state index contributed by atoms with van der Waals surface area (Å²) in [5.74, 6) is -0.342. The number of hydrogen-bond donors (Lipinski definition) is 0. The molecular formula is C11H21NO2. The SMILES string of the molecule is C=CC(=O)OCCC(C)(C)CN(C)C. The average Bonchev–Trinajstić information content (AvgIpc) is 2.01. The Morgan fingerprint density at radius 1 is 1.50 bits per heavy atom. The first-order valence-corrected chi connectivity index (χ1v) is 4.81. The van der Waals surface area contributed by atoms with Crippen LogP contribution in [0.5, 0.6) is 0 Å². The number of esters is 1. The third-order valence-corrected chi connectivity index (χ3v) is 1.93. The summed E-state index contributed by atoms with van der Waals surface area (Å²) in [4.78, 5) is 12.9. The molecule has 0 N–H and O–H groups in total. The summed E-state index contributed by atoms with van der Waals surface area (Å²) in [6.45, 7) is 9.11. The quantitative estimate of drug-likeness (QED) is 0.481. The third kappa shape index (κ3) is 6.66. The van der Waals surface area contributed by atoms with Gasteiger partial charge >= 0.3 is 5.97 Å². The fourth-order valence-corrected chi connectivity index (χ4v) is 1.42. The van der Waals surface area contributed by atoms with Gasteiger partial charge in [0.25, 0.3) is 0 Å². The van der Waals surface area contributed by atoms with Crippen LogP contribution in [0, 0.1) is 5.41 Å². The van der Waals surface area contributed by atoms with Crippen molar-refractivity contribution in [3.05, 3.63) is 12.7 Å². The molecule has 3 heteroatoms.